The number of rotatable bonds is 0. The molecule has 0 saturated heterocycles. The highest BCUT2D eigenvalue weighted by molar-refractivity contribution is 5.39. The van der Waals surface area contributed by atoms with Crippen LogP contribution in [0.2, 0.25) is 0 Å². The highest BCUT2D eigenvalue weighted by Crippen LogP contribution is 2.62. The largest absolute Gasteiger partial charge is 0.362 e. The van der Waals surface area contributed by atoms with E-state index in [1.165, 1.54) is 11.1 Å². The second kappa shape index (κ2) is 4.68. The van der Waals surface area contributed by atoms with Crippen molar-refractivity contribution in [3.63, 3.8) is 0 Å². The second-order valence-corrected chi connectivity index (χ2v) is 8.77. The maximum Gasteiger partial charge on any atom is 0.182 e. The van der Waals surface area contributed by atoms with Crippen LogP contribution in [0.25, 0.3) is 0 Å². The third kappa shape index (κ3) is 2.04. The van der Waals surface area contributed by atoms with Crippen LogP contribution in [0.5, 0.6) is 0 Å². The highest BCUT2D eigenvalue weighted by atomic mass is 19.1. The molecule has 0 radical (unpaired) electrons. The van der Waals surface area contributed by atoms with Crippen LogP contribution in [0.4, 0.5) is 4.39 Å². The molecule has 1 fully saturated rings. The molecule has 0 spiro atoms. The predicted octanol–water partition coefficient (Wildman–Crippen LogP) is 2.83. The summed E-state index contributed by atoms with van der Waals surface area (Å²) in [5.41, 5.74) is 8.86. The minimum absolute atomic E-state index is 0.109. The van der Waals surface area contributed by atoms with E-state index in [-0.39, 0.29) is 28.7 Å². The smallest absolute Gasteiger partial charge is 0.182 e. The molecule has 0 amide bonds. The van der Waals surface area contributed by atoms with Crippen LogP contribution in [0.3, 0.4) is 0 Å². The molecule has 0 heterocycles. The van der Waals surface area contributed by atoms with E-state index in [4.69, 9.17) is 5.73 Å². The first-order valence-corrected chi connectivity index (χ1v) is 8.94. The maximum absolute atomic E-state index is 14.3. The lowest BCUT2D eigenvalue weighted by Crippen LogP contribution is -2.48. The molecule has 4 heteroatoms. The van der Waals surface area contributed by atoms with Crippen LogP contribution in [-0.4, -0.2) is 28.2 Å². The lowest BCUT2D eigenvalue weighted by molar-refractivity contribution is -0.146. The molecule has 0 aromatic carbocycles. The molecule has 0 aromatic heterocycles. The van der Waals surface area contributed by atoms with Gasteiger partial charge in [0.1, 0.15) is 6.17 Å². The first-order valence-electron chi connectivity index (χ1n) is 8.94. The van der Waals surface area contributed by atoms with E-state index in [0.717, 1.165) is 25.7 Å². The molecule has 0 aliphatic heterocycles. The summed E-state index contributed by atoms with van der Waals surface area (Å²) in [7, 11) is 0. The van der Waals surface area contributed by atoms with Crippen molar-refractivity contribution in [2.45, 2.75) is 70.4 Å². The van der Waals surface area contributed by atoms with Crippen molar-refractivity contribution in [3.8, 4) is 0 Å². The molecule has 4 rings (SSSR count). The number of halogens is 1. The van der Waals surface area contributed by atoms with Gasteiger partial charge < -0.3 is 15.9 Å². The van der Waals surface area contributed by atoms with Crippen molar-refractivity contribution in [2.75, 3.05) is 0 Å². The second-order valence-electron chi connectivity index (χ2n) is 8.77. The SMILES string of the molecule is C[C@]12CCC3=C(CC[C@@H]4CC(O)(O)C=C[C@]34C)[C@@H]1C[C@@H](F)[C@@H]2N. The van der Waals surface area contributed by atoms with Gasteiger partial charge in [-0.1, -0.05) is 31.1 Å². The van der Waals surface area contributed by atoms with Crippen LogP contribution < -0.4 is 5.73 Å². The Kier molecular flexibility index (Phi) is 3.21. The average Bonchev–Trinajstić information content (AvgIpc) is 2.71. The summed E-state index contributed by atoms with van der Waals surface area (Å²) in [5.74, 6) is -1.16. The molecule has 4 aliphatic rings. The molecule has 0 unspecified atom stereocenters. The van der Waals surface area contributed by atoms with Gasteiger partial charge in [-0.25, -0.2) is 4.39 Å². The summed E-state index contributed by atoms with van der Waals surface area (Å²) in [5, 5.41) is 19.9. The van der Waals surface area contributed by atoms with Crippen LogP contribution in [0.15, 0.2) is 23.3 Å². The third-order valence-corrected chi connectivity index (χ3v) is 7.63. The van der Waals surface area contributed by atoms with Crippen molar-refractivity contribution in [3.05, 3.63) is 23.3 Å². The van der Waals surface area contributed by atoms with Crippen molar-refractivity contribution in [1.82, 2.24) is 0 Å². The minimum Gasteiger partial charge on any atom is -0.362 e. The lowest BCUT2D eigenvalue weighted by Gasteiger charge is -2.53. The normalized spacial score (nSPS) is 51.2. The Morgan fingerprint density at radius 3 is 2.70 bits per heavy atom. The van der Waals surface area contributed by atoms with Gasteiger partial charge in [-0.2, -0.15) is 0 Å². The van der Waals surface area contributed by atoms with Crippen LogP contribution in [0.1, 0.15) is 52.4 Å². The Morgan fingerprint density at radius 1 is 1.22 bits per heavy atom. The van der Waals surface area contributed by atoms with Gasteiger partial charge in [-0.15, -0.1) is 0 Å². The van der Waals surface area contributed by atoms with Crippen LogP contribution in [-0.2, 0) is 0 Å². The number of allylic oxidation sites excluding steroid dienone is 3. The molecular formula is C19H28FNO2. The van der Waals surface area contributed by atoms with E-state index < -0.39 is 12.0 Å². The molecule has 3 nitrogen and oxygen atoms in total. The molecular weight excluding hydrogens is 293 g/mol. The van der Waals surface area contributed by atoms with Gasteiger partial charge in [0.05, 0.1) is 0 Å². The fourth-order valence-corrected chi connectivity index (χ4v) is 6.04. The molecule has 6 atom stereocenters. The van der Waals surface area contributed by atoms with Gasteiger partial charge in [0, 0.05) is 17.9 Å². The van der Waals surface area contributed by atoms with E-state index in [2.05, 4.69) is 13.8 Å². The number of hydrogen-bond donors (Lipinski definition) is 3. The van der Waals surface area contributed by atoms with E-state index in [9.17, 15) is 14.6 Å². The first kappa shape index (κ1) is 15.8. The first-order chi connectivity index (χ1) is 10.7. The zero-order valence-electron chi connectivity index (χ0n) is 14.1. The quantitative estimate of drug-likeness (QED) is 0.475. The van der Waals surface area contributed by atoms with Gasteiger partial charge in [-0.05, 0) is 55.4 Å². The van der Waals surface area contributed by atoms with E-state index in [1.54, 1.807) is 6.08 Å². The van der Waals surface area contributed by atoms with E-state index in [1.807, 2.05) is 6.08 Å². The predicted molar refractivity (Wildman–Crippen MR) is 87.1 cm³/mol. The van der Waals surface area contributed by atoms with Crippen molar-refractivity contribution in [2.24, 2.45) is 28.4 Å². The Morgan fingerprint density at radius 2 is 1.96 bits per heavy atom. The number of nitrogens with two attached hydrogens (primary N) is 1. The van der Waals surface area contributed by atoms with Gasteiger partial charge in [-0.3, -0.25) is 0 Å². The highest BCUT2D eigenvalue weighted by Gasteiger charge is 2.57. The van der Waals surface area contributed by atoms with Crippen molar-refractivity contribution in [1.29, 1.82) is 0 Å². The summed E-state index contributed by atoms with van der Waals surface area (Å²) in [6.07, 6.45) is 7.41. The number of aliphatic hydroxyl groups is 2. The fourth-order valence-electron chi connectivity index (χ4n) is 6.04. The number of alkyl halides is 1. The molecule has 128 valence electrons. The fraction of sp³-hybridized carbons (Fsp3) is 0.789. The number of fused-ring (bicyclic) bond motifs is 4. The summed E-state index contributed by atoms with van der Waals surface area (Å²) in [6, 6.07) is -0.350. The van der Waals surface area contributed by atoms with Gasteiger partial charge >= 0.3 is 0 Å². The van der Waals surface area contributed by atoms with Crippen LogP contribution in [0, 0.1) is 22.7 Å². The third-order valence-electron chi connectivity index (χ3n) is 7.63. The number of hydrogen-bond acceptors (Lipinski definition) is 3. The van der Waals surface area contributed by atoms with Gasteiger partial charge in [0.25, 0.3) is 0 Å². The molecule has 1 saturated carbocycles. The van der Waals surface area contributed by atoms with E-state index >= 15 is 0 Å². The minimum atomic E-state index is -1.68. The Labute approximate surface area is 137 Å². The summed E-state index contributed by atoms with van der Waals surface area (Å²) in [4.78, 5) is 0. The molecule has 0 aromatic rings. The summed E-state index contributed by atoms with van der Waals surface area (Å²) >= 11 is 0. The average molecular weight is 321 g/mol. The monoisotopic (exact) mass is 321 g/mol. The Bertz CT molecular complexity index is 598. The summed E-state index contributed by atoms with van der Waals surface area (Å²) < 4.78 is 14.3. The molecule has 4 aliphatic carbocycles. The lowest BCUT2D eigenvalue weighted by atomic mass is 9.53. The summed E-state index contributed by atoms with van der Waals surface area (Å²) in [6.45, 7) is 4.39. The molecule has 23 heavy (non-hydrogen) atoms. The zero-order chi connectivity index (χ0) is 16.6. The molecule has 4 N–H and O–H groups in total. The van der Waals surface area contributed by atoms with Crippen molar-refractivity contribution < 1.29 is 14.6 Å². The standard InChI is InChI=1S/C19H28FNO2/c1-17-7-8-19(22,23)10-11(17)3-4-12-13(17)5-6-18(2)14(12)9-15(20)16(18)21/h7-8,11,14-16,22-23H,3-6,9-10,21H2,1-2H3/t11-,14+,15-,16+,17+,18+/m1/s1. The Hall–Kier alpha value is -0.710. The van der Waals surface area contributed by atoms with E-state index in [0.29, 0.717) is 12.8 Å². The maximum atomic E-state index is 14.3. The Balaban J connectivity index is 1.78. The zero-order valence-corrected chi connectivity index (χ0v) is 14.1. The topological polar surface area (TPSA) is 66.5 Å². The van der Waals surface area contributed by atoms with Crippen molar-refractivity contribution >= 4 is 0 Å². The molecule has 0 bridgehead atoms. The van der Waals surface area contributed by atoms with Gasteiger partial charge in [0.2, 0.25) is 0 Å². The van der Waals surface area contributed by atoms with Crippen LogP contribution >= 0.6 is 0 Å². The van der Waals surface area contributed by atoms with Gasteiger partial charge in [0.15, 0.2) is 5.79 Å².